The molecular weight excluding hydrogens is 278 g/mol. The molecule has 0 saturated carbocycles. The average Bonchev–Trinajstić information content (AvgIpc) is 2.99. The molecule has 0 radical (unpaired) electrons. The zero-order valence-electron chi connectivity index (χ0n) is 11.4. The maximum Gasteiger partial charge on any atom is 0.340 e. The molecule has 1 aromatic carbocycles. The first-order valence-electron chi connectivity index (χ1n) is 6.33. The number of halogens is 1. The summed E-state index contributed by atoms with van der Waals surface area (Å²) in [5, 5.41) is 3.78. The maximum absolute atomic E-state index is 11.8. The van der Waals surface area contributed by atoms with Gasteiger partial charge in [0.1, 0.15) is 5.76 Å². The molecule has 1 heterocycles. The highest BCUT2D eigenvalue weighted by molar-refractivity contribution is 6.31. The quantitative estimate of drug-likeness (QED) is 0.836. The molecule has 20 heavy (non-hydrogen) atoms. The third-order valence-corrected chi connectivity index (χ3v) is 3.25. The number of hydrogen-bond acceptors (Lipinski definition) is 4. The Morgan fingerprint density at radius 1 is 1.45 bits per heavy atom. The van der Waals surface area contributed by atoms with Gasteiger partial charge in [0, 0.05) is 10.7 Å². The zero-order chi connectivity index (χ0) is 14.5. The van der Waals surface area contributed by atoms with Gasteiger partial charge in [-0.3, -0.25) is 0 Å². The Morgan fingerprint density at radius 2 is 2.25 bits per heavy atom. The lowest BCUT2D eigenvalue weighted by molar-refractivity contribution is 0.0601. The SMILES string of the molecule is CCC(Nc1ccc(Cl)cc1C(=O)OC)c1ccco1. The standard InChI is InChI=1S/C15H16ClNO3/c1-3-12(14-5-4-8-20-14)17-13-7-6-10(16)9-11(13)15(18)19-2/h4-9,12,17H,3H2,1-2H3. The Balaban J connectivity index is 2.30. The molecule has 0 aliphatic carbocycles. The first-order valence-corrected chi connectivity index (χ1v) is 6.71. The third-order valence-electron chi connectivity index (χ3n) is 3.01. The molecule has 106 valence electrons. The predicted molar refractivity (Wildman–Crippen MR) is 78.2 cm³/mol. The van der Waals surface area contributed by atoms with Gasteiger partial charge >= 0.3 is 5.97 Å². The number of esters is 1. The van der Waals surface area contributed by atoms with E-state index in [9.17, 15) is 4.79 Å². The van der Waals surface area contributed by atoms with E-state index in [2.05, 4.69) is 5.32 Å². The molecule has 0 bridgehead atoms. The molecule has 0 spiro atoms. The van der Waals surface area contributed by atoms with E-state index in [1.807, 2.05) is 19.1 Å². The number of methoxy groups -OCH3 is 1. The van der Waals surface area contributed by atoms with E-state index in [4.69, 9.17) is 20.8 Å². The number of carbonyl (C=O) groups excluding carboxylic acids is 1. The first-order chi connectivity index (χ1) is 9.65. The van der Waals surface area contributed by atoms with E-state index < -0.39 is 5.97 Å². The van der Waals surface area contributed by atoms with Crippen LogP contribution in [0.3, 0.4) is 0 Å². The average molecular weight is 294 g/mol. The van der Waals surface area contributed by atoms with E-state index in [1.54, 1.807) is 24.5 Å². The molecule has 0 saturated heterocycles. The van der Waals surface area contributed by atoms with Crippen molar-refractivity contribution in [3.8, 4) is 0 Å². The summed E-state index contributed by atoms with van der Waals surface area (Å²) in [7, 11) is 1.34. The molecule has 1 aromatic heterocycles. The number of benzene rings is 1. The van der Waals surface area contributed by atoms with Gasteiger partial charge in [0.15, 0.2) is 0 Å². The van der Waals surface area contributed by atoms with Crippen molar-refractivity contribution in [2.45, 2.75) is 19.4 Å². The largest absolute Gasteiger partial charge is 0.467 e. The molecule has 5 heteroatoms. The van der Waals surface area contributed by atoms with Crippen molar-refractivity contribution < 1.29 is 13.9 Å². The van der Waals surface area contributed by atoms with Gasteiger partial charge in [-0.2, -0.15) is 0 Å². The van der Waals surface area contributed by atoms with E-state index in [1.165, 1.54) is 7.11 Å². The summed E-state index contributed by atoms with van der Waals surface area (Å²) in [6.45, 7) is 2.04. The fourth-order valence-electron chi connectivity index (χ4n) is 1.97. The predicted octanol–water partition coefficient (Wildman–Crippen LogP) is 4.28. The number of anilines is 1. The summed E-state index contributed by atoms with van der Waals surface area (Å²) < 4.78 is 10.2. The van der Waals surface area contributed by atoms with Gasteiger partial charge < -0.3 is 14.5 Å². The first kappa shape index (κ1) is 14.5. The molecule has 0 fully saturated rings. The third kappa shape index (κ3) is 3.14. The van der Waals surface area contributed by atoms with Crippen LogP contribution in [0.4, 0.5) is 5.69 Å². The topological polar surface area (TPSA) is 51.5 Å². The molecule has 4 nitrogen and oxygen atoms in total. The van der Waals surface area contributed by atoms with Crippen molar-refractivity contribution in [2.75, 3.05) is 12.4 Å². The molecule has 0 aliphatic heterocycles. The van der Waals surface area contributed by atoms with Crippen LogP contribution in [0.2, 0.25) is 5.02 Å². The summed E-state index contributed by atoms with van der Waals surface area (Å²) in [6.07, 6.45) is 2.44. The minimum atomic E-state index is -0.427. The Bertz CT molecular complexity index is 581. The van der Waals surface area contributed by atoms with Gasteiger partial charge in [0.25, 0.3) is 0 Å². The lowest BCUT2D eigenvalue weighted by Crippen LogP contribution is -2.13. The number of hydrogen-bond donors (Lipinski definition) is 1. The minimum Gasteiger partial charge on any atom is -0.467 e. The highest BCUT2D eigenvalue weighted by Crippen LogP contribution is 2.27. The number of ether oxygens (including phenoxy) is 1. The van der Waals surface area contributed by atoms with Crippen LogP contribution in [-0.2, 0) is 4.74 Å². The number of nitrogens with one attached hydrogen (secondary N) is 1. The maximum atomic E-state index is 11.8. The van der Waals surface area contributed by atoms with Gasteiger partial charge in [0.05, 0.1) is 25.0 Å². The molecule has 0 amide bonds. The van der Waals surface area contributed by atoms with Crippen LogP contribution in [0.25, 0.3) is 0 Å². The summed E-state index contributed by atoms with van der Waals surface area (Å²) in [4.78, 5) is 11.8. The van der Waals surface area contributed by atoms with Crippen LogP contribution in [-0.4, -0.2) is 13.1 Å². The molecule has 1 atom stereocenters. The summed E-state index contributed by atoms with van der Waals surface area (Å²) in [5.41, 5.74) is 1.08. The fourth-order valence-corrected chi connectivity index (χ4v) is 2.14. The highest BCUT2D eigenvalue weighted by Gasteiger charge is 2.17. The second kappa shape index (κ2) is 6.48. The Kier molecular flexibility index (Phi) is 4.69. The fraction of sp³-hybridized carbons (Fsp3) is 0.267. The van der Waals surface area contributed by atoms with Crippen molar-refractivity contribution in [3.63, 3.8) is 0 Å². The van der Waals surface area contributed by atoms with Crippen LogP contribution < -0.4 is 5.32 Å². The van der Waals surface area contributed by atoms with Crippen molar-refractivity contribution >= 4 is 23.3 Å². The van der Waals surface area contributed by atoms with Crippen molar-refractivity contribution in [1.29, 1.82) is 0 Å². The molecule has 2 rings (SSSR count). The highest BCUT2D eigenvalue weighted by atomic mass is 35.5. The minimum absolute atomic E-state index is 0.0189. The number of carbonyl (C=O) groups is 1. The lowest BCUT2D eigenvalue weighted by atomic mass is 10.1. The molecular formula is C15H16ClNO3. The van der Waals surface area contributed by atoms with E-state index in [-0.39, 0.29) is 6.04 Å². The van der Waals surface area contributed by atoms with Crippen molar-refractivity contribution in [1.82, 2.24) is 0 Å². The monoisotopic (exact) mass is 293 g/mol. The van der Waals surface area contributed by atoms with Gasteiger partial charge in [0.2, 0.25) is 0 Å². The summed E-state index contributed by atoms with van der Waals surface area (Å²) in [5.74, 6) is 0.391. The molecule has 2 aromatic rings. The van der Waals surface area contributed by atoms with Crippen LogP contribution >= 0.6 is 11.6 Å². The van der Waals surface area contributed by atoms with Crippen molar-refractivity contribution in [3.05, 3.63) is 52.9 Å². The van der Waals surface area contributed by atoms with Crippen molar-refractivity contribution in [2.24, 2.45) is 0 Å². The van der Waals surface area contributed by atoms with Gasteiger partial charge in [-0.25, -0.2) is 4.79 Å². The van der Waals surface area contributed by atoms with Crippen LogP contribution in [0.5, 0.6) is 0 Å². The second-order valence-corrected chi connectivity index (χ2v) is 4.74. The van der Waals surface area contributed by atoms with E-state index >= 15 is 0 Å². The van der Waals surface area contributed by atoms with Crippen LogP contribution in [0, 0.1) is 0 Å². The van der Waals surface area contributed by atoms with Gasteiger partial charge in [-0.05, 0) is 36.8 Å². The molecule has 1 N–H and O–H groups in total. The number of furan rings is 1. The molecule has 0 aliphatic rings. The summed E-state index contributed by atoms with van der Waals surface area (Å²) >= 11 is 5.93. The molecule has 1 unspecified atom stereocenters. The summed E-state index contributed by atoms with van der Waals surface area (Å²) in [6, 6.07) is 8.79. The Labute approximate surface area is 122 Å². The lowest BCUT2D eigenvalue weighted by Gasteiger charge is -2.18. The van der Waals surface area contributed by atoms with E-state index in [0.717, 1.165) is 12.2 Å². The van der Waals surface area contributed by atoms with Crippen LogP contribution in [0.15, 0.2) is 41.0 Å². The Morgan fingerprint density at radius 3 is 2.85 bits per heavy atom. The van der Waals surface area contributed by atoms with E-state index in [0.29, 0.717) is 16.3 Å². The smallest absolute Gasteiger partial charge is 0.340 e. The normalized spacial score (nSPS) is 11.9. The second-order valence-electron chi connectivity index (χ2n) is 4.30. The van der Waals surface area contributed by atoms with Gasteiger partial charge in [-0.1, -0.05) is 18.5 Å². The Hall–Kier alpha value is -1.94. The number of rotatable bonds is 5. The zero-order valence-corrected chi connectivity index (χ0v) is 12.1. The van der Waals surface area contributed by atoms with Gasteiger partial charge in [-0.15, -0.1) is 0 Å². The van der Waals surface area contributed by atoms with Crippen LogP contribution in [0.1, 0.15) is 35.5 Å².